The van der Waals surface area contributed by atoms with E-state index in [0.29, 0.717) is 18.1 Å². The molecule has 0 radical (unpaired) electrons. The fourth-order valence-electron chi connectivity index (χ4n) is 1.36. The second-order valence-corrected chi connectivity index (χ2v) is 4.06. The molecule has 0 unspecified atom stereocenters. The largest absolute Gasteiger partial charge is 0.359 e. The molecule has 4 heteroatoms. The third kappa shape index (κ3) is 4.78. The molecule has 3 nitrogen and oxygen atoms in total. The zero-order valence-electron chi connectivity index (χ0n) is 9.82. The Balaban J connectivity index is 2.47. The van der Waals surface area contributed by atoms with Gasteiger partial charge in [0.25, 0.3) is 0 Å². The summed E-state index contributed by atoms with van der Waals surface area (Å²) in [5.74, 6) is -0.110. The molecular weight excluding hydrogens is 232 g/mol. The zero-order valence-corrected chi connectivity index (χ0v) is 10.6. The first kappa shape index (κ1) is 13.4. The van der Waals surface area contributed by atoms with E-state index >= 15 is 0 Å². The Morgan fingerprint density at radius 1 is 1.47 bits per heavy atom. The number of benzene rings is 1. The van der Waals surface area contributed by atoms with Gasteiger partial charge in [0.2, 0.25) is 5.91 Å². The number of hydrogen-bond donors (Lipinski definition) is 2. The smallest absolute Gasteiger partial charge is 0.230 e. The topological polar surface area (TPSA) is 41.1 Å². The van der Waals surface area contributed by atoms with E-state index in [4.69, 9.17) is 12.2 Å². The van der Waals surface area contributed by atoms with Crippen LogP contribution in [0.25, 0.3) is 0 Å². The van der Waals surface area contributed by atoms with E-state index in [9.17, 15) is 4.79 Å². The van der Waals surface area contributed by atoms with Crippen LogP contribution in [0.15, 0.2) is 36.9 Å². The minimum Gasteiger partial charge on any atom is -0.359 e. The molecule has 1 aromatic carbocycles. The van der Waals surface area contributed by atoms with E-state index < -0.39 is 0 Å². The summed E-state index contributed by atoms with van der Waals surface area (Å²) >= 11 is 4.95. The molecule has 1 amide bonds. The monoisotopic (exact) mass is 248 g/mol. The van der Waals surface area contributed by atoms with Crippen molar-refractivity contribution >= 4 is 23.2 Å². The van der Waals surface area contributed by atoms with Gasteiger partial charge in [-0.15, -0.1) is 6.58 Å². The van der Waals surface area contributed by atoms with Crippen molar-refractivity contribution in [2.45, 2.75) is 13.3 Å². The van der Waals surface area contributed by atoms with Crippen LogP contribution in [-0.4, -0.2) is 17.6 Å². The van der Waals surface area contributed by atoms with Gasteiger partial charge in [-0.25, -0.2) is 0 Å². The van der Waals surface area contributed by atoms with Crippen LogP contribution in [0.5, 0.6) is 0 Å². The lowest BCUT2D eigenvalue weighted by Gasteiger charge is -2.08. The Morgan fingerprint density at radius 2 is 2.18 bits per heavy atom. The standard InChI is InChI=1S/C13H16N2OS/c1-3-8-14-13(17)15-12(16)9-11-7-5-4-6-10(11)2/h3-7H,1,8-9H2,2H3,(H2,14,15,16,17). The molecule has 1 aromatic rings. The van der Waals surface area contributed by atoms with Crippen molar-refractivity contribution in [1.29, 1.82) is 0 Å². The fourth-order valence-corrected chi connectivity index (χ4v) is 1.56. The third-order valence-electron chi connectivity index (χ3n) is 2.27. The molecule has 0 saturated carbocycles. The molecule has 0 fully saturated rings. The van der Waals surface area contributed by atoms with Crippen LogP contribution < -0.4 is 10.6 Å². The van der Waals surface area contributed by atoms with Crippen molar-refractivity contribution in [3.63, 3.8) is 0 Å². The van der Waals surface area contributed by atoms with Gasteiger partial charge in [-0.2, -0.15) is 0 Å². The van der Waals surface area contributed by atoms with Gasteiger partial charge in [0.15, 0.2) is 5.11 Å². The average Bonchev–Trinajstić information content (AvgIpc) is 2.29. The predicted molar refractivity (Wildman–Crippen MR) is 73.8 cm³/mol. The molecule has 17 heavy (non-hydrogen) atoms. The van der Waals surface area contributed by atoms with E-state index in [0.717, 1.165) is 11.1 Å². The number of amides is 1. The Hall–Kier alpha value is -1.68. The van der Waals surface area contributed by atoms with Gasteiger partial charge in [-0.3, -0.25) is 4.79 Å². The molecule has 1 rings (SSSR count). The number of carbonyl (C=O) groups is 1. The van der Waals surface area contributed by atoms with Crippen LogP contribution in [0.2, 0.25) is 0 Å². The molecule has 0 aliphatic carbocycles. The summed E-state index contributed by atoms with van der Waals surface area (Å²) in [6, 6.07) is 7.79. The molecular formula is C13H16N2OS. The molecule has 90 valence electrons. The Labute approximate surface area is 107 Å². The first-order chi connectivity index (χ1) is 8.13. The summed E-state index contributed by atoms with van der Waals surface area (Å²) < 4.78 is 0. The van der Waals surface area contributed by atoms with Crippen molar-refractivity contribution in [3.05, 3.63) is 48.0 Å². The normalized spacial score (nSPS) is 9.47. The first-order valence-electron chi connectivity index (χ1n) is 5.36. The minimum atomic E-state index is -0.110. The van der Waals surface area contributed by atoms with Crippen LogP contribution in [0.4, 0.5) is 0 Å². The number of carbonyl (C=O) groups excluding carboxylic acids is 1. The first-order valence-corrected chi connectivity index (χ1v) is 5.77. The van der Waals surface area contributed by atoms with E-state index in [1.807, 2.05) is 31.2 Å². The maximum Gasteiger partial charge on any atom is 0.230 e. The number of nitrogens with one attached hydrogen (secondary N) is 2. The van der Waals surface area contributed by atoms with Gasteiger partial charge in [0.05, 0.1) is 6.42 Å². The highest BCUT2D eigenvalue weighted by Gasteiger charge is 2.06. The zero-order chi connectivity index (χ0) is 12.7. The summed E-state index contributed by atoms with van der Waals surface area (Å²) in [4.78, 5) is 11.7. The predicted octanol–water partition coefficient (Wildman–Crippen LogP) is 1.71. The van der Waals surface area contributed by atoms with Crippen molar-refractivity contribution in [2.24, 2.45) is 0 Å². The molecule has 0 heterocycles. The maximum atomic E-state index is 11.7. The summed E-state index contributed by atoms with van der Waals surface area (Å²) in [6.45, 7) is 6.08. The summed E-state index contributed by atoms with van der Waals surface area (Å²) in [5, 5.41) is 5.81. The second-order valence-electron chi connectivity index (χ2n) is 3.65. The Kier molecular flexibility index (Phi) is 5.36. The number of rotatable bonds is 4. The van der Waals surface area contributed by atoms with Gasteiger partial charge < -0.3 is 10.6 Å². The van der Waals surface area contributed by atoms with E-state index in [2.05, 4.69) is 17.2 Å². The maximum absolute atomic E-state index is 11.7. The number of thiocarbonyl (C=S) groups is 1. The van der Waals surface area contributed by atoms with E-state index in [-0.39, 0.29) is 5.91 Å². The van der Waals surface area contributed by atoms with Crippen molar-refractivity contribution in [1.82, 2.24) is 10.6 Å². The highest BCUT2D eigenvalue weighted by Crippen LogP contribution is 2.07. The molecule has 2 N–H and O–H groups in total. The molecule has 0 spiro atoms. The van der Waals surface area contributed by atoms with Crippen LogP contribution >= 0.6 is 12.2 Å². The SMILES string of the molecule is C=CCNC(=S)NC(=O)Cc1ccccc1C. The van der Waals surface area contributed by atoms with Gasteiger partial charge in [0.1, 0.15) is 0 Å². The number of hydrogen-bond acceptors (Lipinski definition) is 2. The highest BCUT2D eigenvalue weighted by molar-refractivity contribution is 7.80. The van der Waals surface area contributed by atoms with Crippen molar-refractivity contribution in [2.75, 3.05) is 6.54 Å². The Morgan fingerprint density at radius 3 is 2.82 bits per heavy atom. The highest BCUT2D eigenvalue weighted by atomic mass is 32.1. The molecule has 0 aliphatic heterocycles. The average molecular weight is 248 g/mol. The van der Waals surface area contributed by atoms with Crippen LogP contribution in [-0.2, 0) is 11.2 Å². The van der Waals surface area contributed by atoms with Crippen LogP contribution in [0.1, 0.15) is 11.1 Å². The summed E-state index contributed by atoms with van der Waals surface area (Å²) in [6.07, 6.45) is 2.02. The molecule has 0 saturated heterocycles. The second kappa shape index (κ2) is 6.81. The molecule has 0 aliphatic rings. The summed E-state index contributed by atoms with van der Waals surface area (Å²) in [5.41, 5.74) is 2.11. The quantitative estimate of drug-likeness (QED) is 0.629. The third-order valence-corrected chi connectivity index (χ3v) is 2.52. The summed E-state index contributed by atoms with van der Waals surface area (Å²) in [7, 11) is 0. The van der Waals surface area contributed by atoms with Crippen molar-refractivity contribution in [3.8, 4) is 0 Å². The van der Waals surface area contributed by atoms with Gasteiger partial charge in [-0.1, -0.05) is 30.3 Å². The van der Waals surface area contributed by atoms with Gasteiger partial charge in [0, 0.05) is 6.54 Å². The molecule has 0 aromatic heterocycles. The van der Waals surface area contributed by atoms with E-state index in [1.54, 1.807) is 6.08 Å². The number of aryl methyl sites for hydroxylation is 1. The Bertz CT molecular complexity index is 429. The lowest BCUT2D eigenvalue weighted by atomic mass is 10.1. The minimum absolute atomic E-state index is 0.110. The van der Waals surface area contributed by atoms with Gasteiger partial charge >= 0.3 is 0 Å². The van der Waals surface area contributed by atoms with E-state index in [1.165, 1.54) is 0 Å². The lowest BCUT2D eigenvalue weighted by Crippen LogP contribution is -2.40. The molecule has 0 bridgehead atoms. The van der Waals surface area contributed by atoms with Crippen LogP contribution in [0, 0.1) is 6.92 Å². The van der Waals surface area contributed by atoms with Crippen molar-refractivity contribution < 1.29 is 4.79 Å². The van der Waals surface area contributed by atoms with Crippen LogP contribution in [0.3, 0.4) is 0 Å². The molecule has 0 atom stereocenters. The fraction of sp³-hybridized carbons (Fsp3) is 0.231. The van der Waals surface area contributed by atoms with Gasteiger partial charge in [-0.05, 0) is 30.3 Å². The lowest BCUT2D eigenvalue weighted by molar-refractivity contribution is -0.119.